The molecule has 0 bridgehead atoms. The number of benzene rings is 1. The number of fused-ring (bicyclic) bond motifs is 1. The van der Waals surface area contributed by atoms with E-state index in [-0.39, 0.29) is 17.9 Å². The molecule has 0 aliphatic heterocycles. The molecule has 0 saturated carbocycles. The van der Waals surface area contributed by atoms with Crippen molar-refractivity contribution in [1.29, 1.82) is 0 Å². The first kappa shape index (κ1) is 18.7. The molecule has 1 amide bonds. The zero-order chi connectivity index (χ0) is 19.6. The molecule has 7 nitrogen and oxygen atoms in total. The number of anilines is 1. The minimum absolute atomic E-state index is 0.269. The second-order valence-corrected chi connectivity index (χ2v) is 6.58. The lowest BCUT2D eigenvalue weighted by Crippen LogP contribution is -2.29. The Morgan fingerprint density at radius 1 is 1.19 bits per heavy atom. The van der Waals surface area contributed by atoms with Crippen LogP contribution < -0.4 is 10.9 Å². The molecule has 27 heavy (non-hydrogen) atoms. The standard InChI is InChI=1S/C19H18N2O5S/c1-3-21-13-9-10-27-16(13)15(22)14(18(21)24)17(23)20-12-7-5-11(6-8-12)19(25)26-4-2/h5-10,22H,3-4H2,1-2H3,(H,20,23). The molecular weight excluding hydrogens is 368 g/mol. The van der Waals surface area contributed by atoms with Gasteiger partial charge in [0.1, 0.15) is 5.56 Å². The Bertz CT molecular complexity index is 1070. The van der Waals surface area contributed by atoms with Crippen LogP contribution in [-0.4, -0.2) is 28.2 Å². The topological polar surface area (TPSA) is 97.6 Å². The Balaban J connectivity index is 1.93. The number of carbonyl (C=O) groups excluding carboxylic acids is 2. The van der Waals surface area contributed by atoms with Crippen LogP contribution in [0, 0.1) is 0 Å². The van der Waals surface area contributed by atoms with E-state index < -0.39 is 17.4 Å². The molecule has 2 heterocycles. The number of amides is 1. The lowest BCUT2D eigenvalue weighted by Gasteiger charge is -2.11. The summed E-state index contributed by atoms with van der Waals surface area (Å²) in [5.74, 6) is -1.49. The summed E-state index contributed by atoms with van der Waals surface area (Å²) in [6, 6.07) is 7.83. The van der Waals surface area contributed by atoms with Gasteiger partial charge in [0.2, 0.25) is 0 Å². The van der Waals surface area contributed by atoms with Gasteiger partial charge in [0.25, 0.3) is 11.5 Å². The van der Waals surface area contributed by atoms with Crippen molar-refractivity contribution in [3.8, 4) is 5.75 Å². The van der Waals surface area contributed by atoms with Crippen molar-refractivity contribution in [1.82, 2.24) is 4.57 Å². The molecule has 140 valence electrons. The predicted octanol–water partition coefficient (Wildman–Crippen LogP) is 3.22. The molecular formula is C19H18N2O5S. The number of rotatable bonds is 5. The number of esters is 1. The van der Waals surface area contributed by atoms with E-state index in [1.807, 2.05) is 0 Å². The molecule has 8 heteroatoms. The summed E-state index contributed by atoms with van der Waals surface area (Å²) in [5, 5.41) is 14.8. The monoisotopic (exact) mass is 386 g/mol. The first-order valence-corrected chi connectivity index (χ1v) is 9.27. The van der Waals surface area contributed by atoms with E-state index in [4.69, 9.17) is 4.74 Å². The largest absolute Gasteiger partial charge is 0.505 e. The minimum atomic E-state index is -0.709. The normalized spacial score (nSPS) is 10.7. The van der Waals surface area contributed by atoms with E-state index in [1.165, 1.54) is 40.2 Å². The molecule has 0 fully saturated rings. The summed E-state index contributed by atoms with van der Waals surface area (Å²) >= 11 is 1.26. The van der Waals surface area contributed by atoms with Gasteiger partial charge in [0, 0.05) is 12.2 Å². The summed E-state index contributed by atoms with van der Waals surface area (Å²) in [6.07, 6.45) is 0. The number of aromatic hydroxyl groups is 1. The second kappa shape index (κ2) is 7.63. The predicted molar refractivity (Wildman–Crippen MR) is 104 cm³/mol. The van der Waals surface area contributed by atoms with Gasteiger partial charge in [-0.15, -0.1) is 11.3 Å². The Labute approximate surface area is 158 Å². The summed E-state index contributed by atoms with van der Waals surface area (Å²) < 4.78 is 6.84. The first-order valence-electron chi connectivity index (χ1n) is 8.39. The van der Waals surface area contributed by atoms with Gasteiger partial charge in [-0.1, -0.05) is 0 Å². The fourth-order valence-corrected chi connectivity index (χ4v) is 3.61. The maximum absolute atomic E-state index is 12.7. The van der Waals surface area contributed by atoms with Crippen molar-refractivity contribution >= 4 is 39.1 Å². The molecule has 0 radical (unpaired) electrons. The van der Waals surface area contributed by atoms with E-state index in [2.05, 4.69) is 5.32 Å². The fourth-order valence-electron chi connectivity index (χ4n) is 2.77. The van der Waals surface area contributed by atoms with E-state index in [0.717, 1.165) is 0 Å². The third-order valence-corrected chi connectivity index (χ3v) is 4.95. The third-order valence-electron chi connectivity index (χ3n) is 4.04. The van der Waals surface area contributed by atoms with Gasteiger partial charge < -0.3 is 19.7 Å². The van der Waals surface area contributed by atoms with Crippen LogP contribution in [0.2, 0.25) is 0 Å². The lowest BCUT2D eigenvalue weighted by atomic mass is 10.1. The lowest BCUT2D eigenvalue weighted by molar-refractivity contribution is 0.0526. The maximum atomic E-state index is 12.7. The molecule has 0 spiro atoms. The molecule has 0 saturated heterocycles. The van der Waals surface area contributed by atoms with Gasteiger partial charge in [-0.3, -0.25) is 9.59 Å². The van der Waals surface area contributed by atoms with Crippen LogP contribution in [-0.2, 0) is 11.3 Å². The highest BCUT2D eigenvalue weighted by Gasteiger charge is 2.22. The Morgan fingerprint density at radius 2 is 1.89 bits per heavy atom. The molecule has 2 aromatic heterocycles. The van der Waals surface area contributed by atoms with Crippen molar-refractivity contribution in [3.63, 3.8) is 0 Å². The Morgan fingerprint density at radius 3 is 2.52 bits per heavy atom. The summed E-state index contributed by atoms with van der Waals surface area (Å²) in [5.41, 5.74) is 0.482. The number of pyridine rings is 1. The third kappa shape index (κ3) is 3.43. The first-order chi connectivity index (χ1) is 13.0. The van der Waals surface area contributed by atoms with Crippen LogP contribution in [0.3, 0.4) is 0 Å². The smallest absolute Gasteiger partial charge is 0.338 e. The molecule has 0 aliphatic carbocycles. The number of hydrogen-bond acceptors (Lipinski definition) is 6. The van der Waals surface area contributed by atoms with Crippen molar-refractivity contribution in [3.05, 3.63) is 57.2 Å². The zero-order valence-corrected chi connectivity index (χ0v) is 15.6. The van der Waals surface area contributed by atoms with Crippen molar-refractivity contribution < 1.29 is 19.4 Å². The SMILES string of the molecule is CCOC(=O)c1ccc(NC(=O)c2c(O)c3sccc3n(CC)c2=O)cc1. The number of nitrogens with one attached hydrogen (secondary N) is 1. The second-order valence-electron chi connectivity index (χ2n) is 5.66. The van der Waals surface area contributed by atoms with E-state index >= 15 is 0 Å². The van der Waals surface area contributed by atoms with Crippen LogP contribution in [0.1, 0.15) is 34.6 Å². The van der Waals surface area contributed by atoms with Gasteiger partial charge >= 0.3 is 5.97 Å². The molecule has 3 rings (SSSR count). The highest BCUT2D eigenvalue weighted by molar-refractivity contribution is 7.17. The average Bonchev–Trinajstić information content (AvgIpc) is 3.13. The number of carbonyl (C=O) groups is 2. The number of ether oxygens (including phenoxy) is 1. The Hall–Kier alpha value is -3.13. The summed E-state index contributed by atoms with van der Waals surface area (Å²) in [7, 11) is 0. The number of nitrogens with zero attached hydrogens (tertiary/aromatic N) is 1. The molecule has 0 aliphatic rings. The van der Waals surface area contributed by atoms with Gasteiger partial charge in [-0.25, -0.2) is 4.79 Å². The molecule has 0 unspecified atom stereocenters. The summed E-state index contributed by atoms with van der Waals surface area (Å²) in [6.45, 7) is 4.16. The van der Waals surface area contributed by atoms with Crippen molar-refractivity contribution in [2.45, 2.75) is 20.4 Å². The number of aryl methyl sites for hydroxylation is 1. The van der Waals surface area contributed by atoms with Crippen LogP contribution in [0.25, 0.3) is 10.2 Å². The van der Waals surface area contributed by atoms with E-state index in [0.29, 0.717) is 28.0 Å². The quantitative estimate of drug-likeness (QED) is 0.656. The van der Waals surface area contributed by atoms with Crippen LogP contribution in [0.15, 0.2) is 40.5 Å². The van der Waals surface area contributed by atoms with E-state index in [1.54, 1.807) is 25.3 Å². The molecule has 2 N–H and O–H groups in total. The van der Waals surface area contributed by atoms with Crippen LogP contribution in [0.4, 0.5) is 5.69 Å². The van der Waals surface area contributed by atoms with Crippen LogP contribution in [0.5, 0.6) is 5.75 Å². The highest BCUT2D eigenvalue weighted by atomic mass is 32.1. The van der Waals surface area contributed by atoms with Crippen molar-refractivity contribution in [2.24, 2.45) is 0 Å². The maximum Gasteiger partial charge on any atom is 0.338 e. The number of aromatic nitrogens is 1. The van der Waals surface area contributed by atoms with Gasteiger partial charge in [-0.05, 0) is 49.6 Å². The van der Waals surface area contributed by atoms with E-state index in [9.17, 15) is 19.5 Å². The number of hydrogen-bond donors (Lipinski definition) is 2. The molecule has 3 aromatic rings. The summed E-state index contributed by atoms with van der Waals surface area (Å²) in [4.78, 5) is 37.0. The number of thiophene rings is 1. The zero-order valence-electron chi connectivity index (χ0n) is 14.8. The fraction of sp³-hybridized carbons (Fsp3) is 0.211. The minimum Gasteiger partial charge on any atom is -0.505 e. The van der Waals surface area contributed by atoms with Crippen LogP contribution >= 0.6 is 11.3 Å². The van der Waals surface area contributed by atoms with Gasteiger partial charge in [0.15, 0.2) is 5.75 Å². The average molecular weight is 386 g/mol. The van der Waals surface area contributed by atoms with Gasteiger partial charge in [-0.2, -0.15) is 0 Å². The Kier molecular flexibility index (Phi) is 5.27. The van der Waals surface area contributed by atoms with Gasteiger partial charge in [0.05, 0.1) is 22.4 Å². The molecule has 0 atom stereocenters. The molecule has 1 aromatic carbocycles. The highest BCUT2D eigenvalue weighted by Crippen LogP contribution is 2.31. The van der Waals surface area contributed by atoms with Crippen molar-refractivity contribution in [2.75, 3.05) is 11.9 Å².